The molecule has 3 heteroatoms. The summed E-state index contributed by atoms with van der Waals surface area (Å²) in [5.74, 6) is 0.550. The molecule has 2 rings (SSSR count). The summed E-state index contributed by atoms with van der Waals surface area (Å²) >= 11 is 1.71. The Morgan fingerprint density at radius 1 is 1.17 bits per heavy atom. The van der Waals surface area contributed by atoms with Gasteiger partial charge in [0.2, 0.25) is 0 Å². The highest BCUT2D eigenvalue weighted by Gasteiger charge is 2.15. The summed E-state index contributed by atoms with van der Waals surface area (Å²) in [6.45, 7) is 5.31. The minimum atomic E-state index is 0.368. The Kier molecular flexibility index (Phi) is 4.39. The monoisotopic (exact) mass is 260 g/mol. The summed E-state index contributed by atoms with van der Waals surface area (Å²) in [4.78, 5) is 1.22. The van der Waals surface area contributed by atoms with Crippen molar-refractivity contribution in [2.24, 2.45) is 5.92 Å². The Labute approximate surface area is 113 Å². The molecule has 0 aliphatic heterocycles. The summed E-state index contributed by atoms with van der Waals surface area (Å²) in [5.41, 5.74) is 8.14. The number of nitrogens with one attached hydrogen (secondary N) is 1. The van der Waals surface area contributed by atoms with Gasteiger partial charge in [-0.1, -0.05) is 44.2 Å². The summed E-state index contributed by atoms with van der Waals surface area (Å²) in [6, 6.07) is 12.9. The minimum absolute atomic E-state index is 0.368. The molecule has 0 spiro atoms. The zero-order valence-electron chi connectivity index (χ0n) is 10.9. The van der Waals surface area contributed by atoms with E-state index in [4.69, 9.17) is 5.73 Å². The van der Waals surface area contributed by atoms with Gasteiger partial charge in [-0.05, 0) is 22.9 Å². The molecule has 96 valence electrons. The lowest BCUT2D eigenvalue weighted by Crippen LogP contribution is -2.25. The molecule has 1 aromatic heterocycles. The lowest BCUT2D eigenvalue weighted by molar-refractivity contribution is 0.412. The van der Waals surface area contributed by atoms with Crippen LogP contribution in [0.4, 0.5) is 5.69 Å². The Balaban J connectivity index is 2.06. The summed E-state index contributed by atoms with van der Waals surface area (Å²) in [6.07, 6.45) is 0. The van der Waals surface area contributed by atoms with Crippen molar-refractivity contribution in [1.82, 2.24) is 5.32 Å². The van der Waals surface area contributed by atoms with Crippen molar-refractivity contribution in [3.8, 4) is 0 Å². The second-order valence-electron chi connectivity index (χ2n) is 4.81. The summed E-state index contributed by atoms with van der Waals surface area (Å²) < 4.78 is 0. The van der Waals surface area contributed by atoms with Crippen molar-refractivity contribution in [3.05, 3.63) is 52.2 Å². The lowest BCUT2D eigenvalue weighted by atomic mass is 9.96. The first kappa shape index (κ1) is 13.1. The van der Waals surface area contributed by atoms with Crippen molar-refractivity contribution >= 4 is 17.0 Å². The van der Waals surface area contributed by atoms with E-state index < -0.39 is 0 Å². The molecule has 2 aromatic rings. The number of rotatable bonds is 5. The highest BCUT2D eigenvalue weighted by Crippen LogP contribution is 2.24. The van der Waals surface area contributed by atoms with Crippen LogP contribution < -0.4 is 11.1 Å². The van der Waals surface area contributed by atoms with Crippen LogP contribution in [0.3, 0.4) is 0 Å². The minimum Gasteiger partial charge on any atom is -0.398 e. The average Bonchev–Trinajstić information content (AvgIpc) is 2.76. The van der Waals surface area contributed by atoms with Crippen molar-refractivity contribution in [1.29, 1.82) is 0 Å². The lowest BCUT2D eigenvalue weighted by Gasteiger charge is -2.23. The first-order valence-corrected chi connectivity index (χ1v) is 7.16. The molecule has 1 atom stereocenters. The zero-order valence-corrected chi connectivity index (χ0v) is 11.7. The fraction of sp³-hybridized carbons (Fsp3) is 0.333. The van der Waals surface area contributed by atoms with Crippen LogP contribution in [0, 0.1) is 5.92 Å². The molecule has 1 unspecified atom stereocenters. The summed E-state index contributed by atoms with van der Waals surface area (Å²) in [5, 5.41) is 5.65. The molecule has 0 amide bonds. The number of hydrogen-bond donors (Lipinski definition) is 2. The number of benzene rings is 1. The third-order valence-corrected chi connectivity index (χ3v) is 4.02. The average molecular weight is 260 g/mol. The number of hydrogen-bond acceptors (Lipinski definition) is 3. The standard InChI is InChI=1S/C15H20N2S/c1-11(2)15(12-6-4-3-5-7-12)17-10-14-13(16)8-9-18-14/h3-9,11,15,17H,10,16H2,1-2H3. The molecule has 0 saturated carbocycles. The smallest absolute Gasteiger partial charge is 0.0468 e. The van der Waals surface area contributed by atoms with E-state index in [0.29, 0.717) is 12.0 Å². The normalized spacial score (nSPS) is 12.8. The molecule has 1 heterocycles. The number of nitrogen functional groups attached to an aromatic ring is 1. The van der Waals surface area contributed by atoms with Gasteiger partial charge in [0.1, 0.15) is 0 Å². The van der Waals surface area contributed by atoms with Gasteiger partial charge in [-0.25, -0.2) is 0 Å². The molecular formula is C15H20N2S. The van der Waals surface area contributed by atoms with Crippen LogP contribution in [-0.4, -0.2) is 0 Å². The van der Waals surface area contributed by atoms with Crippen LogP contribution in [-0.2, 0) is 6.54 Å². The maximum absolute atomic E-state index is 5.91. The fourth-order valence-electron chi connectivity index (χ4n) is 2.10. The van der Waals surface area contributed by atoms with Gasteiger partial charge in [0.15, 0.2) is 0 Å². The zero-order chi connectivity index (χ0) is 13.0. The fourth-order valence-corrected chi connectivity index (χ4v) is 2.85. The highest BCUT2D eigenvalue weighted by atomic mass is 32.1. The van der Waals surface area contributed by atoms with Crippen molar-refractivity contribution < 1.29 is 0 Å². The van der Waals surface area contributed by atoms with Gasteiger partial charge in [0, 0.05) is 23.2 Å². The van der Waals surface area contributed by atoms with E-state index in [0.717, 1.165) is 12.2 Å². The van der Waals surface area contributed by atoms with Gasteiger partial charge in [0.05, 0.1) is 0 Å². The molecule has 0 aliphatic rings. The molecule has 0 bridgehead atoms. The third kappa shape index (κ3) is 3.12. The van der Waals surface area contributed by atoms with Crippen LogP contribution in [0.5, 0.6) is 0 Å². The number of thiophene rings is 1. The number of anilines is 1. The van der Waals surface area contributed by atoms with Gasteiger partial charge in [0.25, 0.3) is 0 Å². The van der Waals surface area contributed by atoms with Crippen LogP contribution in [0.15, 0.2) is 41.8 Å². The van der Waals surface area contributed by atoms with Gasteiger partial charge < -0.3 is 11.1 Å². The van der Waals surface area contributed by atoms with Crippen LogP contribution >= 0.6 is 11.3 Å². The molecular weight excluding hydrogens is 240 g/mol. The molecule has 0 fully saturated rings. The molecule has 3 N–H and O–H groups in total. The first-order chi connectivity index (χ1) is 8.68. The largest absolute Gasteiger partial charge is 0.398 e. The number of nitrogens with two attached hydrogens (primary N) is 1. The molecule has 1 aromatic carbocycles. The van der Waals surface area contributed by atoms with E-state index in [9.17, 15) is 0 Å². The maximum atomic E-state index is 5.91. The van der Waals surface area contributed by atoms with Gasteiger partial charge in [-0.15, -0.1) is 11.3 Å². The Hall–Kier alpha value is -1.32. The van der Waals surface area contributed by atoms with Gasteiger partial charge in [-0.3, -0.25) is 0 Å². The third-order valence-electron chi connectivity index (χ3n) is 3.09. The molecule has 0 radical (unpaired) electrons. The SMILES string of the molecule is CC(C)C(NCc1sccc1N)c1ccccc1. The van der Waals surface area contributed by atoms with E-state index in [2.05, 4.69) is 49.5 Å². The van der Waals surface area contributed by atoms with Crippen molar-refractivity contribution in [2.45, 2.75) is 26.4 Å². The topological polar surface area (TPSA) is 38.0 Å². The quantitative estimate of drug-likeness (QED) is 0.857. The molecule has 2 nitrogen and oxygen atoms in total. The van der Waals surface area contributed by atoms with Gasteiger partial charge in [-0.2, -0.15) is 0 Å². The molecule has 0 saturated heterocycles. The van der Waals surface area contributed by atoms with E-state index >= 15 is 0 Å². The highest BCUT2D eigenvalue weighted by molar-refractivity contribution is 7.10. The second kappa shape index (κ2) is 6.03. The van der Waals surface area contributed by atoms with E-state index in [1.807, 2.05) is 11.4 Å². The van der Waals surface area contributed by atoms with Crippen molar-refractivity contribution in [3.63, 3.8) is 0 Å². The van der Waals surface area contributed by atoms with Crippen LogP contribution in [0.2, 0.25) is 0 Å². The Bertz CT molecular complexity index is 476. The van der Waals surface area contributed by atoms with E-state index in [-0.39, 0.29) is 0 Å². The summed E-state index contributed by atoms with van der Waals surface area (Å²) in [7, 11) is 0. The van der Waals surface area contributed by atoms with Crippen LogP contribution in [0.1, 0.15) is 30.3 Å². The molecule has 18 heavy (non-hydrogen) atoms. The van der Waals surface area contributed by atoms with E-state index in [1.54, 1.807) is 11.3 Å². The molecule has 0 aliphatic carbocycles. The first-order valence-electron chi connectivity index (χ1n) is 6.28. The predicted molar refractivity (Wildman–Crippen MR) is 79.6 cm³/mol. The Morgan fingerprint density at radius 2 is 1.89 bits per heavy atom. The van der Waals surface area contributed by atoms with Crippen molar-refractivity contribution in [2.75, 3.05) is 5.73 Å². The maximum Gasteiger partial charge on any atom is 0.0468 e. The van der Waals surface area contributed by atoms with Gasteiger partial charge >= 0.3 is 0 Å². The predicted octanol–water partition coefficient (Wildman–Crippen LogP) is 3.82. The van der Waals surface area contributed by atoms with Crippen LogP contribution in [0.25, 0.3) is 0 Å². The second-order valence-corrected chi connectivity index (χ2v) is 5.81. The van der Waals surface area contributed by atoms with E-state index in [1.165, 1.54) is 10.4 Å². The Morgan fingerprint density at radius 3 is 2.44 bits per heavy atom.